The van der Waals surface area contributed by atoms with Gasteiger partial charge in [-0.25, -0.2) is 14.2 Å². The van der Waals surface area contributed by atoms with Crippen LogP contribution in [0.25, 0.3) is 5.65 Å². The number of nitrogens with zero attached hydrogens (tertiary/aromatic N) is 2. The van der Waals surface area contributed by atoms with Gasteiger partial charge in [-0.1, -0.05) is 6.92 Å². The Hall–Kier alpha value is -2.97. The first kappa shape index (κ1) is 17.4. The fourth-order valence-corrected chi connectivity index (χ4v) is 2.32. The van der Waals surface area contributed by atoms with E-state index in [-0.39, 0.29) is 18.5 Å². The van der Waals surface area contributed by atoms with Gasteiger partial charge in [-0.05, 0) is 25.0 Å². The first-order valence-electron chi connectivity index (χ1n) is 7.32. The van der Waals surface area contributed by atoms with Gasteiger partial charge in [-0.15, -0.1) is 0 Å². The van der Waals surface area contributed by atoms with Crippen molar-refractivity contribution in [3.63, 3.8) is 0 Å². The number of nitrogens with two attached hydrogens (primary N) is 1. The number of carbonyl (C=O) groups is 3. The number of carboxylic acids is 1. The summed E-state index contributed by atoms with van der Waals surface area (Å²) < 4.78 is 14.7. The molecule has 1 unspecified atom stereocenters. The van der Waals surface area contributed by atoms with Crippen LogP contribution in [0.5, 0.6) is 0 Å². The molecule has 24 heavy (non-hydrogen) atoms. The number of aromatic nitrogens is 2. The third-order valence-electron chi connectivity index (χ3n) is 3.49. The SMILES string of the molecule is CCc1nc2ccc(F)cn2c1C(=O)NC(CCC(N)=O)C(=O)O. The molecule has 0 saturated heterocycles. The van der Waals surface area contributed by atoms with Crippen LogP contribution in [0.15, 0.2) is 18.3 Å². The number of aliphatic carboxylic acids is 1. The van der Waals surface area contributed by atoms with Crippen LogP contribution in [-0.4, -0.2) is 38.3 Å². The Morgan fingerprint density at radius 3 is 2.71 bits per heavy atom. The molecule has 0 aromatic carbocycles. The monoisotopic (exact) mass is 336 g/mol. The molecule has 0 saturated carbocycles. The van der Waals surface area contributed by atoms with E-state index < -0.39 is 29.6 Å². The molecule has 128 valence electrons. The molecule has 0 aliphatic carbocycles. The number of hydrogen-bond donors (Lipinski definition) is 3. The topological polar surface area (TPSA) is 127 Å². The molecule has 4 N–H and O–H groups in total. The highest BCUT2D eigenvalue weighted by Gasteiger charge is 2.25. The summed E-state index contributed by atoms with van der Waals surface area (Å²) in [6.07, 6.45) is 1.20. The van der Waals surface area contributed by atoms with E-state index in [0.717, 1.165) is 6.20 Å². The van der Waals surface area contributed by atoms with Crippen LogP contribution in [0.2, 0.25) is 0 Å². The van der Waals surface area contributed by atoms with Crippen LogP contribution in [0.4, 0.5) is 4.39 Å². The normalized spacial score (nSPS) is 12.1. The molecular formula is C15H17FN4O4. The summed E-state index contributed by atoms with van der Waals surface area (Å²) in [4.78, 5) is 38.8. The lowest BCUT2D eigenvalue weighted by molar-refractivity contribution is -0.139. The highest BCUT2D eigenvalue weighted by Crippen LogP contribution is 2.15. The molecule has 2 rings (SSSR count). The van der Waals surface area contributed by atoms with Crippen molar-refractivity contribution in [2.45, 2.75) is 32.2 Å². The third-order valence-corrected chi connectivity index (χ3v) is 3.49. The highest BCUT2D eigenvalue weighted by atomic mass is 19.1. The van der Waals surface area contributed by atoms with E-state index in [9.17, 15) is 18.8 Å². The zero-order valence-corrected chi connectivity index (χ0v) is 13.0. The van der Waals surface area contributed by atoms with Gasteiger partial charge in [-0.3, -0.25) is 14.0 Å². The number of hydrogen-bond acceptors (Lipinski definition) is 4. The molecule has 2 amide bonds. The van der Waals surface area contributed by atoms with E-state index >= 15 is 0 Å². The van der Waals surface area contributed by atoms with Crippen molar-refractivity contribution < 1.29 is 23.9 Å². The van der Waals surface area contributed by atoms with Gasteiger partial charge in [0.05, 0.1) is 5.69 Å². The van der Waals surface area contributed by atoms with E-state index in [1.165, 1.54) is 16.5 Å². The van der Waals surface area contributed by atoms with Crippen LogP contribution in [0.3, 0.4) is 0 Å². The maximum Gasteiger partial charge on any atom is 0.326 e. The van der Waals surface area contributed by atoms with Crippen molar-refractivity contribution in [3.05, 3.63) is 35.5 Å². The Morgan fingerprint density at radius 2 is 2.12 bits per heavy atom. The lowest BCUT2D eigenvalue weighted by atomic mass is 10.1. The van der Waals surface area contributed by atoms with Crippen molar-refractivity contribution in [1.82, 2.24) is 14.7 Å². The van der Waals surface area contributed by atoms with Crippen LogP contribution in [0, 0.1) is 5.82 Å². The summed E-state index contributed by atoms with van der Waals surface area (Å²) in [6.45, 7) is 1.77. The largest absolute Gasteiger partial charge is 0.480 e. The molecule has 0 radical (unpaired) electrons. The van der Waals surface area contributed by atoms with E-state index in [4.69, 9.17) is 10.8 Å². The third kappa shape index (κ3) is 3.67. The first-order valence-corrected chi connectivity index (χ1v) is 7.32. The molecule has 2 aromatic rings. The van der Waals surface area contributed by atoms with E-state index in [1.54, 1.807) is 6.92 Å². The van der Waals surface area contributed by atoms with Crippen molar-refractivity contribution in [2.75, 3.05) is 0 Å². The van der Waals surface area contributed by atoms with Gasteiger partial charge >= 0.3 is 5.97 Å². The minimum atomic E-state index is -1.29. The van der Waals surface area contributed by atoms with Crippen molar-refractivity contribution >= 4 is 23.4 Å². The average molecular weight is 336 g/mol. The van der Waals surface area contributed by atoms with Gasteiger partial charge < -0.3 is 16.2 Å². The molecule has 9 heteroatoms. The number of carbonyl (C=O) groups excluding carboxylic acids is 2. The van der Waals surface area contributed by atoms with Crippen LogP contribution in [-0.2, 0) is 16.0 Å². The Morgan fingerprint density at radius 1 is 1.42 bits per heavy atom. The number of rotatable bonds is 7. The number of primary amides is 1. The average Bonchev–Trinajstić information content (AvgIpc) is 2.88. The summed E-state index contributed by atoms with van der Waals surface area (Å²) in [5, 5.41) is 11.5. The molecule has 0 spiro atoms. The lowest BCUT2D eigenvalue weighted by Crippen LogP contribution is -2.42. The zero-order chi connectivity index (χ0) is 17.9. The predicted octanol–water partition coefficient (Wildman–Crippen LogP) is 0.484. The summed E-state index contributed by atoms with van der Waals surface area (Å²) in [5.74, 6) is -3.22. The molecule has 0 aliphatic heterocycles. The van der Waals surface area contributed by atoms with Crippen LogP contribution >= 0.6 is 0 Å². The molecule has 1 atom stereocenters. The molecule has 8 nitrogen and oxygen atoms in total. The molecule has 0 bridgehead atoms. The van der Waals surface area contributed by atoms with Gasteiger partial charge in [0.1, 0.15) is 23.2 Å². The standard InChI is InChI=1S/C15H17FN4O4/c1-2-9-13(20-7-8(16)3-6-12(20)18-9)14(22)19-10(15(23)24)4-5-11(17)21/h3,6-7,10H,2,4-5H2,1H3,(H2,17,21)(H,19,22)(H,23,24). The minimum absolute atomic E-state index is 0.0670. The summed E-state index contributed by atoms with van der Waals surface area (Å²) in [5.41, 5.74) is 5.86. The fraction of sp³-hybridized carbons (Fsp3) is 0.333. The summed E-state index contributed by atoms with van der Waals surface area (Å²) in [6, 6.07) is 1.36. The highest BCUT2D eigenvalue weighted by molar-refractivity contribution is 5.97. The van der Waals surface area contributed by atoms with Gasteiger partial charge in [0.15, 0.2) is 0 Å². The van der Waals surface area contributed by atoms with E-state index in [2.05, 4.69) is 10.3 Å². The Balaban J connectivity index is 2.34. The summed E-state index contributed by atoms with van der Waals surface area (Å²) >= 11 is 0. The zero-order valence-electron chi connectivity index (χ0n) is 13.0. The molecule has 2 aromatic heterocycles. The van der Waals surface area contributed by atoms with Crippen molar-refractivity contribution in [2.24, 2.45) is 5.73 Å². The van der Waals surface area contributed by atoms with Crippen LogP contribution < -0.4 is 11.1 Å². The number of nitrogens with one attached hydrogen (secondary N) is 1. The Labute approximate surface area is 136 Å². The van der Waals surface area contributed by atoms with Crippen molar-refractivity contribution in [3.8, 4) is 0 Å². The van der Waals surface area contributed by atoms with Gasteiger partial charge in [-0.2, -0.15) is 0 Å². The minimum Gasteiger partial charge on any atom is -0.480 e. The van der Waals surface area contributed by atoms with E-state index in [1.807, 2.05) is 0 Å². The van der Waals surface area contributed by atoms with Gasteiger partial charge in [0.2, 0.25) is 5.91 Å². The van der Waals surface area contributed by atoms with E-state index in [0.29, 0.717) is 17.8 Å². The number of imidazole rings is 1. The number of aryl methyl sites for hydroxylation is 1. The maximum absolute atomic E-state index is 13.5. The lowest BCUT2D eigenvalue weighted by Gasteiger charge is -2.14. The number of pyridine rings is 1. The smallest absolute Gasteiger partial charge is 0.326 e. The molecule has 0 aliphatic rings. The number of fused-ring (bicyclic) bond motifs is 1. The Kier molecular flexibility index (Phi) is 5.12. The maximum atomic E-state index is 13.5. The quantitative estimate of drug-likeness (QED) is 0.678. The molecule has 0 fully saturated rings. The van der Waals surface area contributed by atoms with Gasteiger partial charge in [0.25, 0.3) is 5.91 Å². The second kappa shape index (κ2) is 7.07. The van der Waals surface area contributed by atoms with Gasteiger partial charge in [0, 0.05) is 12.6 Å². The Bertz CT molecular complexity index is 802. The first-order chi connectivity index (χ1) is 11.3. The molecule has 2 heterocycles. The predicted molar refractivity (Wildman–Crippen MR) is 81.8 cm³/mol. The number of halogens is 1. The molecular weight excluding hydrogens is 319 g/mol. The fourth-order valence-electron chi connectivity index (χ4n) is 2.32. The number of amides is 2. The second-order valence-electron chi connectivity index (χ2n) is 5.21. The summed E-state index contributed by atoms with van der Waals surface area (Å²) in [7, 11) is 0. The van der Waals surface area contributed by atoms with Crippen molar-refractivity contribution in [1.29, 1.82) is 0 Å². The van der Waals surface area contributed by atoms with Crippen LogP contribution in [0.1, 0.15) is 35.9 Å². The second-order valence-corrected chi connectivity index (χ2v) is 5.21. The number of carboxylic acid groups (broad SMARTS) is 1.